The Labute approximate surface area is 268 Å². The SMILES string of the molecule is CCCCCCCCCCCCCCCC(=O)OC(C1CCCC1)[N+]1(C)CCC=C(c2nsnc2OCCCCCC)C1. The van der Waals surface area contributed by atoms with Gasteiger partial charge < -0.3 is 9.47 Å². The Morgan fingerprint density at radius 3 is 2.07 bits per heavy atom. The van der Waals surface area contributed by atoms with Crippen molar-refractivity contribution in [3.63, 3.8) is 0 Å². The predicted octanol–water partition coefficient (Wildman–Crippen LogP) is 10.3. The smallest absolute Gasteiger partial charge is 0.310 e. The minimum absolute atomic E-state index is 0.00172. The fourth-order valence-corrected chi connectivity index (χ4v) is 7.61. The first-order chi connectivity index (χ1) is 21.1. The molecule has 0 N–H and O–H groups in total. The molecule has 1 fully saturated rings. The number of ether oxygens (including phenoxy) is 2. The van der Waals surface area contributed by atoms with E-state index < -0.39 is 0 Å². The number of nitrogens with zero attached hydrogens (tertiary/aromatic N) is 3. The predicted molar refractivity (Wildman–Crippen MR) is 180 cm³/mol. The van der Waals surface area contributed by atoms with Gasteiger partial charge in [-0.05, 0) is 25.7 Å². The summed E-state index contributed by atoms with van der Waals surface area (Å²) in [6, 6.07) is 0. The van der Waals surface area contributed by atoms with Gasteiger partial charge in [0.15, 0.2) is 0 Å². The number of hydrogen-bond donors (Lipinski definition) is 0. The maximum Gasteiger partial charge on any atom is 0.310 e. The summed E-state index contributed by atoms with van der Waals surface area (Å²) in [6.45, 7) is 7.00. The Balaban J connectivity index is 1.41. The molecule has 2 heterocycles. The van der Waals surface area contributed by atoms with Gasteiger partial charge in [0, 0.05) is 24.3 Å². The number of esters is 1. The van der Waals surface area contributed by atoms with E-state index in [1.54, 1.807) is 0 Å². The van der Waals surface area contributed by atoms with E-state index in [9.17, 15) is 4.79 Å². The highest BCUT2D eigenvalue weighted by Gasteiger charge is 2.44. The van der Waals surface area contributed by atoms with Crippen LogP contribution in [0.15, 0.2) is 6.08 Å². The Hall–Kier alpha value is -1.47. The molecular weight excluding hydrogens is 554 g/mol. The van der Waals surface area contributed by atoms with Crippen LogP contribution in [0, 0.1) is 5.92 Å². The van der Waals surface area contributed by atoms with Crippen LogP contribution in [0.3, 0.4) is 0 Å². The first kappa shape index (κ1) is 36.0. The van der Waals surface area contributed by atoms with Crippen LogP contribution in [0.5, 0.6) is 5.88 Å². The molecule has 2 atom stereocenters. The average molecular weight is 619 g/mol. The lowest BCUT2D eigenvalue weighted by atomic mass is 9.98. The quantitative estimate of drug-likeness (QED) is 0.0655. The first-order valence-corrected chi connectivity index (χ1v) is 19.0. The second-order valence-electron chi connectivity index (χ2n) is 13.6. The molecule has 0 saturated heterocycles. The van der Waals surface area contributed by atoms with Gasteiger partial charge in [-0.1, -0.05) is 129 Å². The van der Waals surface area contributed by atoms with E-state index >= 15 is 0 Å². The number of rotatable bonds is 24. The molecular formula is C36H64N3O3S+. The third kappa shape index (κ3) is 13.2. The van der Waals surface area contributed by atoms with Gasteiger partial charge in [0.1, 0.15) is 12.2 Å². The Morgan fingerprint density at radius 2 is 1.44 bits per heavy atom. The molecule has 2 aliphatic rings. The maximum atomic E-state index is 13.2. The van der Waals surface area contributed by atoms with Gasteiger partial charge in [0.25, 0.3) is 5.88 Å². The molecule has 6 nitrogen and oxygen atoms in total. The highest BCUT2D eigenvalue weighted by molar-refractivity contribution is 6.99. The van der Waals surface area contributed by atoms with E-state index in [0.717, 1.165) is 61.8 Å². The minimum Gasteiger partial charge on any atom is -0.475 e. The zero-order valence-electron chi connectivity index (χ0n) is 28.1. The van der Waals surface area contributed by atoms with Crippen molar-refractivity contribution in [2.24, 2.45) is 5.92 Å². The molecule has 3 rings (SSSR count). The first-order valence-electron chi connectivity index (χ1n) is 18.3. The normalized spacial score (nSPS) is 19.8. The van der Waals surface area contributed by atoms with Crippen LogP contribution in [0.25, 0.3) is 5.57 Å². The lowest BCUT2D eigenvalue weighted by Gasteiger charge is -2.45. The zero-order valence-corrected chi connectivity index (χ0v) is 28.9. The van der Waals surface area contributed by atoms with Crippen LogP contribution >= 0.6 is 11.7 Å². The van der Waals surface area contributed by atoms with Gasteiger partial charge in [-0.15, -0.1) is 4.37 Å². The molecule has 246 valence electrons. The molecule has 1 aromatic heterocycles. The number of aromatic nitrogens is 2. The molecule has 43 heavy (non-hydrogen) atoms. The van der Waals surface area contributed by atoms with E-state index in [2.05, 4.69) is 35.7 Å². The largest absolute Gasteiger partial charge is 0.475 e. The van der Waals surface area contributed by atoms with E-state index in [4.69, 9.17) is 9.47 Å². The third-order valence-corrected chi connectivity index (χ3v) is 10.2. The lowest BCUT2D eigenvalue weighted by molar-refractivity contribution is -0.951. The Kier molecular flexibility index (Phi) is 17.8. The molecule has 7 heteroatoms. The molecule has 0 spiro atoms. The fourth-order valence-electron chi connectivity index (χ4n) is 7.08. The van der Waals surface area contributed by atoms with Crippen molar-refractivity contribution < 1.29 is 18.8 Å². The Morgan fingerprint density at radius 1 is 0.860 bits per heavy atom. The summed E-state index contributed by atoms with van der Waals surface area (Å²) in [7, 11) is 2.29. The van der Waals surface area contributed by atoms with Crippen molar-refractivity contribution >= 4 is 23.3 Å². The average Bonchev–Trinajstić information content (AvgIpc) is 3.71. The molecule has 1 aliphatic carbocycles. The number of unbranched alkanes of at least 4 members (excludes halogenated alkanes) is 15. The molecule has 1 saturated carbocycles. The fraction of sp³-hybridized carbons (Fsp3) is 0.861. The van der Waals surface area contributed by atoms with Crippen molar-refractivity contribution in [3.8, 4) is 5.88 Å². The molecule has 0 radical (unpaired) electrons. The zero-order chi connectivity index (χ0) is 30.6. The summed E-state index contributed by atoms with van der Waals surface area (Å²) >= 11 is 1.24. The molecule has 0 aromatic carbocycles. The van der Waals surface area contributed by atoms with Crippen LogP contribution < -0.4 is 4.74 Å². The number of hydrogen-bond acceptors (Lipinski definition) is 6. The summed E-state index contributed by atoms with van der Waals surface area (Å²) in [5.41, 5.74) is 2.09. The van der Waals surface area contributed by atoms with Crippen LogP contribution in [-0.4, -0.2) is 52.2 Å². The van der Waals surface area contributed by atoms with Gasteiger partial charge in [-0.25, -0.2) is 0 Å². The molecule has 2 unspecified atom stereocenters. The highest BCUT2D eigenvalue weighted by Crippen LogP contribution is 2.38. The van der Waals surface area contributed by atoms with E-state index in [0.29, 0.717) is 24.8 Å². The third-order valence-electron chi connectivity index (χ3n) is 9.72. The van der Waals surface area contributed by atoms with Gasteiger partial charge in [-0.3, -0.25) is 9.28 Å². The molecule has 1 aromatic rings. The van der Waals surface area contributed by atoms with Crippen LogP contribution in [0.1, 0.15) is 167 Å². The molecule has 1 aliphatic heterocycles. The van der Waals surface area contributed by atoms with Crippen molar-refractivity contribution in [1.82, 2.24) is 8.75 Å². The second kappa shape index (κ2) is 21.3. The number of carbonyl (C=O) groups is 1. The number of likely N-dealkylation sites (N-methyl/N-ethyl adjacent to an activating group) is 1. The minimum atomic E-state index is -0.0781. The summed E-state index contributed by atoms with van der Waals surface area (Å²) < 4.78 is 22.4. The molecule has 0 bridgehead atoms. The van der Waals surface area contributed by atoms with Gasteiger partial charge in [0.2, 0.25) is 6.23 Å². The van der Waals surface area contributed by atoms with Crippen molar-refractivity contribution in [2.75, 3.05) is 26.7 Å². The summed E-state index contributed by atoms with van der Waals surface area (Å²) in [5.74, 6) is 1.13. The van der Waals surface area contributed by atoms with Crippen LogP contribution in [-0.2, 0) is 9.53 Å². The summed E-state index contributed by atoms with van der Waals surface area (Å²) in [6.07, 6.45) is 30.4. The van der Waals surface area contributed by atoms with Crippen molar-refractivity contribution in [1.29, 1.82) is 0 Å². The van der Waals surface area contributed by atoms with Gasteiger partial charge in [-0.2, -0.15) is 4.37 Å². The molecule has 0 amide bonds. The number of carbonyl (C=O) groups excluding carboxylic acids is 1. The highest BCUT2D eigenvalue weighted by atomic mass is 32.1. The van der Waals surface area contributed by atoms with E-state index in [-0.39, 0.29) is 12.2 Å². The lowest BCUT2D eigenvalue weighted by Crippen LogP contribution is -2.59. The monoisotopic (exact) mass is 618 g/mol. The number of quaternary nitrogens is 1. The van der Waals surface area contributed by atoms with Gasteiger partial charge in [0.05, 0.1) is 31.9 Å². The van der Waals surface area contributed by atoms with Crippen LogP contribution in [0.4, 0.5) is 0 Å². The van der Waals surface area contributed by atoms with E-state index in [1.807, 2.05) is 0 Å². The van der Waals surface area contributed by atoms with Crippen molar-refractivity contribution in [3.05, 3.63) is 11.8 Å². The van der Waals surface area contributed by atoms with E-state index in [1.165, 1.54) is 120 Å². The standard InChI is InChI=1S/C36H64N3O3S/c1-4-6-8-10-11-12-13-14-15-16-17-18-19-27-33(40)42-36(31-24-20-21-25-31)39(3)28-23-26-32(30-39)34-35(38-43-37-34)41-29-22-9-7-5-2/h26,31,36H,4-25,27-30H2,1-3H3/q+1. The summed E-state index contributed by atoms with van der Waals surface area (Å²) in [4.78, 5) is 13.2. The summed E-state index contributed by atoms with van der Waals surface area (Å²) in [5, 5.41) is 0. The second-order valence-corrected chi connectivity index (χ2v) is 14.2. The van der Waals surface area contributed by atoms with Crippen molar-refractivity contribution in [2.45, 2.75) is 168 Å². The van der Waals surface area contributed by atoms with Crippen LogP contribution in [0.2, 0.25) is 0 Å². The Bertz CT molecular complexity index is 913. The van der Waals surface area contributed by atoms with Gasteiger partial charge >= 0.3 is 5.97 Å². The topological polar surface area (TPSA) is 61.3 Å². The maximum absolute atomic E-state index is 13.2.